The van der Waals surface area contributed by atoms with Gasteiger partial charge in [-0.15, -0.1) is 0 Å². The van der Waals surface area contributed by atoms with Gasteiger partial charge in [-0.05, 0) is 71.1 Å². The second kappa shape index (κ2) is 7.46. The Morgan fingerprint density at radius 2 is 1.14 bits per heavy atom. The first kappa shape index (κ1) is 20.3. The summed E-state index contributed by atoms with van der Waals surface area (Å²) in [6, 6.07) is 36.1. The summed E-state index contributed by atoms with van der Waals surface area (Å²) in [6.07, 6.45) is 0. The van der Waals surface area contributed by atoms with Gasteiger partial charge in [-0.3, -0.25) is 0 Å². The van der Waals surface area contributed by atoms with E-state index in [2.05, 4.69) is 31.2 Å². The SMILES string of the molecule is Cc1ccccc1-c1ccc2c(c1)P1(=O)c3cc(-c4ccccc4)ccc3Oc3cccc(c31)O2. The van der Waals surface area contributed by atoms with Crippen LogP contribution in [0.25, 0.3) is 22.3 Å². The monoisotopic (exact) mass is 472 g/mol. The summed E-state index contributed by atoms with van der Waals surface area (Å²) >= 11 is 0. The van der Waals surface area contributed by atoms with Crippen LogP contribution in [0.4, 0.5) is 0 Å². The van der Waals surface area contributed by atoms with Crippen LogP contribution in [0.2, 0.25) is 0 Å². The molecule has 1 unspecified atom stereocenters. The lowest BCUT2D eigenvalue weighted by Crippen LogP contribution is -2.35. The van der Waals surface area contributed by atoms with E-state index in [1.807, 2.05) is 84.9 Å². The Balaban J connectivity index is 1.52. The van der Waals surface area contributed by atoms with Crippen molar-refractivity contribution in [3.63, 3.8) is 0 Å². The largest absolute Gasteiger partial charge is 0.456 e. The van der Waals surface area contributed by atoms with Crippen LogP contribution in [-0.4, -0.2) is 0 Å². The fourth-order valence-corrected chi connectivity index (χ4v) is 8.26. The third kappa shape index (κ3) is 2.95. The minimum Gasteiger partial charge on any atom is -0.456 e. The van der Waals surface area contributed by atoms with Crippen molar-refractivity contribution in [3.8, 4) is 45.3 Å². The van der Waals surface area contributed by atoms with Gasteiger partial charge in [0.15, 0.2) is 7.14 Å². The molecule has 0 saturated heterocycles. The molecule has 0 bridgehead atoms. The number of hydrogen-bond acceptors (Lipinski definition) is 3. The van der Waals surface area contributed by atoms with Gasteiger partial charge < -0.3 is 14.0 Å². The summed E-state index contributed by atoms with van der Waals surface area (Å²) in [7, 11) is -3.27. The predicted molar refractivity (Wildman–Crippen MR) is 142 cm³/mol. The molecule has 0 radical (unpaired) electrons. The maximum Gasteiger partial charge on any atom is 0.185 e. The minimum atomic E-state index is -3.27. The normalized spacial score (nSPS) is 16.8. The van der Waals surface area contributed by atoms with Crippen molar-refractivity contribution < 1.29 is 14.0 Å². The van der Waals surface area contributed by atoms with E-state index in [9.17, 15) is 0 Å². The summed E-state index contributed by atoms with van der Waals surface area (Å²) in [4.78, 5) is 0. The van der Waals surface area contributed by atoms with Crippen LogP contribution in [0.3, 0.4) is 0 Å². The van der Waals surface area contributed by atoms with Gasteiger partial charge in [-0.1, -0.05) is 72.8 Å². The molecule has 2 aliphatic rings. The average molecular weight is 472 g/mol. The molecule has 35 heavy (non-hydrogen) atoms. The maximum atomic E-state index is 15.4. The highest BCUT2D eigenvalue weighted by atomic mass is 31.2. The summed E-state index contributed by atoms with van der Waals surface area (Å²) in [5.41, 5.74) is 5.39. The topological polar surface area (TPSA) is 35.5 Å². The van der Waals surface area contributed by atoms with Crippen LogP contribution < -0.4 is 25.4 Å². The smallest absolute Gasteiger partial charge is 0.185 e. The Bertz CT molecular complexity index is 1670. The zero-order chi connectivity index (χ0) is 23.6. The second-order valence-corrected chi connectivity index (χ2v) is 11.6. The minimum absolute atomic E-state index is 0.595. The molecule has 3 nitrogen and oxygen atoms in total. The first-order valence-corrected chi connectivity index (χ1v) is 13.3. The van der Waals surface area contributed by atoms with Crippen LogP contribution in [0.5, 0.6) is 23.0 Å². The Labute approximate surface area is 204 Å². The molecule has 168 valence electrons. The number of hydrogen-bond donors (Lipinski definition) is 0. The Morgan fingerprint density at radius 3 is 1.83 bits per heavy atom. The first-order valence-electron chi connectivity index (χ1n) is 11.6. The number of fused-ring (bicyclic) bond motifs is 4. The molecule has 7 rings (SSSR count). The van der Waals surface area contributed by atoms with E-state index in [4.69, 9.17) is 9.47 Å². The molecule has 2 aliphatic heterocycles. The first-order chi connectivity index (χ1) is 17.1. The highest BCUT2D eigenvalue weighted by Crippen LogP contribution is 2.58. The van der Waals surface area contributed by atoms with Gasteiger partial charge in [0, 0.05) is 0 Å². The lowest BCUT2D eigenvalue weighted by molar-refractivity contribution is 0.462. The van der Waals surface area contributed by atoms with Crippen molar-refractivity contribution in [1.82, 2.24) is 0 Å². The molecule has 2 heterocycles. The molecule has 0 amide bonds. The summed E-state index contributed by atoms with van der Waals surface area (Å²) < 4.78 is 28.0. The van der Waals surface area contributed by atoms with Gasteiger partial charge in [-0.2, -0.15) is 0 Å². The Morgan fingerprint density at radius 1 is 0.543 bits per heavy atom. The van der Waals surface area contributed by atoms with Gasteiger partial charge in [0.25, 0.3) is 0 Å². The third-order valence-electron chi connectivity index (χ3n) is 6.88. The molecule has 0 aliphatic carbocycles. The molecule has 0 spiro atoms. The molecule has 1 atom stereocenters. The Kier molecular flexibility index (Phi) is 4.33. The van der Waals surface area contributed by atoms with Crippen molar-refractivity contribution in [3.05, 3.63) is 115 Å². The molecule has 0 fully saturated rings. The molecule has 4 heteroatoms. The summed E-state index contributed by atoms with van der Waals surface area (Å²) in [5, 5.41) is 2.07. The van der Waals surface area contributed by atoms with Gasteiger partial charge in [0.2, 0.25) is 0 Å². The maximum absolute atomic E-state index is 15.4. The average Bonchev–Trinajstić information content (AvgIpc) is 2.89. The lowest BCUT2D eigenvalue weighted by atomic mass is 10.0. The molecule has 0 aromatic heterocycles. The van der Waals surface area contributed by atoms with Crippen molar-refractivity contribution in [1.29, 1.82) is 0 Å². The molecule has 0 saturated carbocycles. The number of benzene rings is 5. The van der Waals surface area contributed by atoms with Crippen LogP contribution >= 0.6 is 7.14 Å². The van der Waals surface area contributed by atoms with Gasteiger partial charge in [0.05, 0.1) is 10.6 Å². The highest BCUT2D eigenvalue weighted by molar-refractivity contribution is 7.86. The fraction of sp³-hybridized carbons (Fsp3) is 0.0323. The van der Waals surface area contributed by atoms with E-state index in [1.165, 1.54) is 5.56 Å². The highest BCUT2D eigenvalue weighted by Gasteiger charge is 2.46. The van der Waals surface area contributed by atoms with Gasteiger partial charge in [0.1, 0.15) is 28.3 Å². The van der Waals surface area contributed by atoms with Gasteiger partial charge >= 0.3 is 0 Å². The summed E-state index contributed by atoms with van der Waals surface area (Å²) in [6.45, 7) is 2.09. The zero-order valence-corrected chi connectivity index (χ0v) is 20.0. The van der Waals surface area contributed by atoms with Gasteiger partial charge in [-0.25, -0.2) is 0 Å². The fourth-order valence-electron chi connectivity index (χ4n) is 5.16. The second-order valence-electron chi connectivity index (χ2n) is 8.96. The van der Waals surface area contributed by atoms with Crippen LogP contribution in [0.1, 0.15) is 5.56 Å². The van der Waals surface area contributed by atoms with Crippen LogP contribution in [-0.2, 0) is 4.57 Å². The van der Waals surface area contributed by atoms with E-state index >= 15 is 4.57 Å². The van der Waals surface area contributed by atoms with E-state index in [-0.39, 0.29) is 0 Å². The quantitative estimate of drug-likeness (QED) is 0.250. The molecular formula is C31H21O3P. The van der Waals surface area contributed by atoms with Crippen LogP contribution in [0, 0.1) is 6.92 Å². The molecule has 5 aromatic rings. The molecule has 5 aromatic carbocycles. The van der Waals surface area contributed by atoms with Crippen molar-refractivity contribution in [2.75, 3.05) is 0 Å². The zero-order valence-electron chi connectivity index (χ0n) is 19.1. The Hall–Kier alpha value is -4.07. The molecule has 0 N–H and O–H groups in total. The van der Waals surface area contributed by atoms with Crippen molar-refractivity contribution in [2.45, 2.75) is 6.92 Å². The van der Waals surface area contributed by atoms with Crippen molar-refractivity contribution in [2.24, 2.45) is 0 Å². The number of ether oxygens (including phenoxy) is 2. The van der Waals surface area contributed by atoms with Crippen molar-refractivity contribution >= 4 is 23.1 Å². The van der Waals surface area contributed by atoms with Crippen LogP contribution in [0.15, 0.2) is 109 Å². The molecular weight excluding hydrogens is 451 g/mol. The summed E-state index contributed by atoms with van der Waals surface area (Å²) in [5.74, 6) is 2.45. The predicted octanol–water partition coefficient (Wildman–Crippen LogP) is 7.18. The number of aryl methyl sites for hydroxylation is 1. The number of rotatable bonds is 2. The standard InChI is InChI=1S/C31H21O3P/c1-20-8-5-6-11-24(20)23-15-17-26-30(19-23)35(32)29-18-22(21-9-3-2-4-10-21)14-16-25(29)33-27-12-7-13-28(34-26)31(27)35/h2-19H,1H3. The van der Waals surface area contributed by atoms with E-state index in [1.54, 1.807) is 0 Å². The van der Waals surface area contributed by atoms with E-state index in [0.29, 0.717) is 38.9 Å². The van der Waals surface area contributed by atoms with E-state index in [0.717, 1.165) is 22.3 Å². The lowest BCUT2D eigenvalue weighted by Gasteiger charge is -2.35. The third-order valence-corrected chi connectivity index (χ3v) is 10.0. The van der Waals surface area contributed by atoms with E-state index < -0.39 is 7.14 Å².